The lowest BCUT2D eigenvalue weighted by Crippen LogP contribution is -2.37. The summed E-state index contributed by atoms with van der Waals surface area (Å²) in [6, 6.07) is 0. The van der Waals surface area contributed by atoms with Crippen LogP contribution in [0.1, 0.15) is 25.7 Å². The topological polar surface area (TPSA) is 21.7 Å². The van der Waals surface area contributed by atoms with E-state index in [9.17, 15) is 0 Å². The molecule has 3 heteroatoms. The van der Waals surface area contributed by atoms with Gasteiger partial charge < -0.3 is 14.4 Å². The molecule has 0 aromatic heterocycles. The maximum Gasteiger partial charge on any atom is 0.168 e. The molecule has 2 fully saturated rings. The Morgan fingerprint density at radius 2 is 1.71 bits per heavy atom. The van der Waals surface area contributed by atoms with Gasteiger partial charge in [-0.2, -0.15) is 0 Å². The van der Waals surface area contributed by atoms with Crippen molar-refractivity contribution in [1.29, 1.82) is 0 Å². The van der Waals surface area contributed by atoms with Crippen LogP contribution in [-0.4, -0.2) is 44.5 Å². The summed E-state index contributed by atoms with van der Waals surface area (Å²) < 4.78 is 11.4. The molecule has 0 bridgehead atoms. The quantitative estimate of drug-likeness (QED) is 0.672. The van der Waals surface area contributed by atoms with Crippen molar-refractivity contribution >= 4 is 0 Å². The van der Waals surface area contributed by atoms with Gasteiger partial charge in [-0.15, -0.1) is 0 Å². The van der Waals surface area contributed by atoms with E-state index in [2.05, 4.69) is 19.0 Å². The third kappa shape index (κ3) is 2.27. The fraction of sp³-hybridized carbons (Fsp3) is 1.00. The molecule has 1 saturated heterocycles. The highest BCUT2D eigenvalue weighted by atomic mass is 16.7. The molecule has 1 saturated carbocycles. The van der Waals surface area contributed by atoms with Crippen molar-refractivity contribution in [3.63, 3.8) is 0 Å². The van der Waals surface area contributed by atoms with E-state index in [1.54, 1.807) is 0 Å². The number of hydrogen-bond acceptors (Lipinski definition) is 3. The zero-order chi connectivity index (χ0) is 10.0. The molecule has 0 aromatic rings. The van der Waals surface area contributed by atoms with Gasteiger partial charge in [0, 0.05) is 19.4 Å². The second-order valence-corrected chi connectivity index (χ2v) is 4.81. The van der Waals surface area contributed by atoms with Crippen molar-refractivity contribution in [3.05, 3.63) is 0 Å². The van der Waals surface area contributed by atoms with Gasteiger partial charge in [0.15, 0.2) is 5.79 Å². The normalized spacial score (nSPS) is 27.6. The average molecular weight is 199 g/mol. The van der Waals surface area contributed by atoms with Crippen molar-refractivity contribution in [1.82, 2.24) is 4.90 Å². The molecule has 1 spiro atoms. The molecule has 0 amide bonds. The van der Waals surface area contributed by atoms with E-state index >= 15 is 0 Å². The molecule has 2 rings (SSSR count). The molecule has 14 heavy (non-hydrogen) atoms. The van der Waals surface area contributed by atoms with Gasteiger partial charge in [-0.1, -0.05) is 0 Å². The van der Waals surface area contributed by atoms with Crippen LogP contribution in [0.25, 0.3) is 0 Å². The molecule has 1 aliphatic carbocycles. The van der Waals surface area contributed by atoms with Gasteiger partial charge in [0.25, 0.3) is 0 Å². The standard InChI is InChI=1S/C11H21NO2/c1-12(2)9-10-3-5-11(6-4-10)13-7-8-14-11/h10H,3-9H2,1-2H3. The molecule has 0 radical (unpaired) electrons. The van der Waals surface area contributed by atoms with Crippen molar-refractivity contribution in [2.45, 2.75) is 31.5 Å². The Morgan fingerprint density at radius 3 is 2.21 bits per heavy atom. The Labute approximate surface area is 86.4 Å². The summed E-state index contributed by atoms with van der Waals surface area (Å²) >= 11 is 0. The summed E-state index contributed by atoms with van der Waals surface area (Å²) in [4.78, 5) is 2.28. The Morgan fingerprint density at radius 1 is 1.14 bits per heavy atom. The van der Waals surface area contributed by atoms with Gasteiger partial charge in [0.1, 0.15) is 0 Å². The van der Waals surface area contributed by atoms with Gasteiger partial charge in [-0.25, -0.2) is 0 Å². The second-order valence-electron chi connectivity index (χ2n) is 4.81. The van der Waals surface area contributed by atoms with Gasteiger partial charge in [-0.3, -0.25) is 0 Å². The van der Waals surface area contributed by atoms with Crippen LogP contribution in [-0.2, 0) is 9.47 Å². The maximum absolute atomic E-state index is 5.70. The molecule has 82 valence electrons. The first-order valence-electron chi connectivity index (χ1n) is 5.63. The first-order chi connectivity index (χ1) is 6.70. The largest absolute Gasteiger partial charge is 0.348 e. The Kier molecular flexibility index (Phi) is 3.10. The molecule has 0 aromatic carbocycles. The van der Waals surface area contributed by atoms with Crippen LogP contribution >= 0.6 is 0 Å². The van der Waals surface area contributed by atoms with Crippen molar-refractivity contribution in [3.8, 4) is 0 Å². The Bertz CT molecular complexity index is 178. The third-order valence-electron chi connectivity index (χ3n) is 3.30. The van der Waals surface area contributed by atoms with E-state index < -0.39 is 0 Å². The zero-order valence-corrected chi connectivity index (χ0v) is 9.29. The van der Waals surface area contributed by atoms with Crippen LogP contribution in [0.4, 0.5) is 0 Å². The van der Waals surface area contributed by atoms with Gasteiger partial charge in [0.2, 0.25) is 0 Å². The lowest BCUT2D eigenvalue weighted by atomic mass is 9.85. The van der Waals surface area contributed by atoms with E-state index in [0.717, 1.165) is 32.0 Å². The minimum atomic E-state index is -0.178. The lowest BCUT2D eigenvalue weighted by molar-refractivity contribution is -0.182. The predicted octanol–water partition coefficient (Wildman–Crippen LogP) is 1.48. The minimum absolute atomic E-state index is 0.178. The number of ether oxygens (including phenoxy) is 2. The minimum Gasteiger partial charge on any atom is -0.348 e. The van der Waals surface area contributed by atoms with Crippen molar-refractivity contribution < 1.29 is 9.47 Å². The molecule has 1 heterocycles. The molecular weight excluding hydrogens is 178 g/mol. The second kappa shape index (κ2) is 4.17. The monoisotopic (exact) mass is 199 g/mol. The van der Waals surface area contributed by atoms with Crippen LogP contribution in [0, 0.1) is 5.92 Å². The molecular formula is C11H21NO2. The summed E-state index contributed by atoms with van der Waals surface area (Å²) in [6.45, 7) is 2.78. The predicted molar refractivity (Wildman–Crippen MR) is 55.1 cm³/mol. The lowest BCUT2D eigenvalue weighted by Gasteiger charge is -2.36. The van der Waals surface area contributed by atoms with E-state index in [-0.39, 0.29) is 5.79 Å². The molecule has 2 aliphatic rings. The van der Waals surface area contributed by atoms with E-state index in [1.165, 1.54) is 19.4 Å². The highest BCUT2D eigenvalue weighted by Crippen LogP contribution is 2.38. The molecule has 0 N–H and O–H groups in total. The van der Waals surface area contributed by atoms with Crippen LogP contribution < -0.4 is 0 Å². The van der Waals surface area contributed by atoms with Crippen molar-refractivity contribution in [2.24, 2.45) is 5.92 Å². The van der Waals surface area contributed by atoms with Crippen LogP contribution in [0.3, 0.4) is 0 Å². The smallest absolute Gasteiger partial charge is 0.168 e. The van der Waals surface area contributed by atoms with Crippen molar-refractivity contribution in [2.75, 3.05) is 33.9 Å². The Hall–Kier alpha value is -0.120. The first kappa shape index (κ1) is 10.4. The SMILES string of the molecule is CN(C)CC1CCC2(CC1)OCCO2. The Balaban J connectivity index is 1.79. The molecule has 0 unspecified atom stereocenters. The van der Waals surface area contributed by atoms with Crippen LogP contribution in [0.2, 0.25) is 0 Å². The molecule has 0 atom stereocenters. The number of nitrogens with zero attached hydrogens (tertiary/aromatic N) is 1. The van der Waals surface area contributed by atoms with Crippen LogP contribution in [0.15, 0.2) is 0 Å². The van der Waals surface area contributed by atoms with Gasteiger partial charge in [-0.05, 0) is 32.9 Å². The number of hydrogen-bond donors (Lipinski definition) is 0. The molecule has 1 aliphatic heterocycles. The van der Waals surface area contributed by atoms with Gasteiger partial charge >= 0.3 is 0 Å². The first-order valence-corrected chi connectivity index (χ1v) is 5.63. The number of rotatable bonds is 2. The fourth-order valence-electron chi connectivity index (χ4n) is 2.60. The summed E-state index contributed by atoms with van der Waals surface area (Å²) in [5.41, 5.74) is 0. The van der Waals surface area contributed by atoms with Gasteiger partial charge in [0.05, 0.1) is 13.2 Å². The summed E-state index contributed by atoms with van der Waals surface area (Å²) in [5, 5.41) is 0. The fourth-order valence-corrected chi connectivity index (χ4v) is 2.60. The summed E-state index contributed by atoms with van der Waals surface area (Å²) in [7, 11) is 4.29. The summed E-state index contributed by atoms with van der Waals surface area (Å²) in [6.07, 6.45) is 4.67. The third-order valence-corrected chi connectivity index (χ3v) is 3.30. The average Bonchev–Trinajstić information content (AvgIpc) is 2.58. The summed E-state index contributed by atoms with van der Waals surface area (Å²) in [5.74, 6) is 0.659. The highest BCUT2D eigenvalue weighted by Gasteiger charge is 2.40. The van der Waals surface area contributed by atoms with E-state index in [4.69, 9.17) is 9.47 Å². The van der Waals surface area contributed by atoms with E-state index in [0.29, 0.717) is 0 Å². The highest BCUT2D eigenvalue weighted by molar-refractivity contribution is 4.83. The maximum atomic E-state index is 5.70. The van der Waals surface area contributed by atoms with E-state index in [1.807, 2.05) is 0 Å². The van der Waals surface area contributed by atoms with Crippen LogP contribution in [0.5, 0.6) is 0 Å². The molecule has 3 nitrogen and oxygen atoms in total. The zero-order valence-electron chi connectivity index (χ0n) is 9.29.